The van der Waals surface area contributed by atoms with E-state index >= 15 is 0 Å². The van der Waals surface area contributed by atoms with Crippen molar-refractivity contribution in [2.24, 2.45) is 5.92 Å². The minimum Gasteiger partial charge on any atom is -0.352 e. The summed E-state index contributed by atoms with van der Waals surface area (Å²) in [4.78, 5) is 25.5. The lowest BCUT2D eigenvalue weighted by atomic mass is 9.96. The number of hydrogen-bond donors (Lipinski definition) is 1. The fourth-order valence-electron chi connectivity index (χ4n) is 2.43. The normalized spacial score (nSPS) is 18.4. The monoisotopic (exact) mass is 290 g/mol. The van der Waals surface area contributed by atoms with Crippen LogP contribution in [0, 0.1) is 11.7 Å². The Morgan fingerprint density at radius 1 is 1.48 bits per heavy atom. The smallest absolute Gasteiger partial charge is 0.225 e. The van der Waals surface area contributed by atoms with E-state index in [2.05, 4.69) is 11.9 Å². The molecule has 5 heteroatoms. The maximum Gasteiger partial charge on any atom is 0.225 e. The highest BCUT2D eigenvalue weighted by molar-refractivity contribution is 5.83. The lowest BCUT2D eigenvalue weighted by Gasteiger charge is -2.32. The summed E-state index contributed by atoms with van der Waals surface area (Å²) in [6.07, 6.45) is 2.47. The molecule has 112 valence electrons. The first-order valence-corrected chi connectivity index (χ1v) is 7.01. The van der Waals surface area contributed by atoms with Gasteiger partial charge in [0.05, 0.1) is 5.92 Å². The molecule has 0 saturated carbocycles. The standard InChI is InChI=1S/C16H19FN2O2/c1-2-9-18-16(21)13-7-8-15(20)19(11-13)10-12-5-3-4-6-14(12)17/h2-6,13H,1,7-11H2,(H,18,21). The molecule has 4 nitrogen and oxygen atoms in total. The molecule has 1 aliphatic rings. The SMILES string of the molecule is C=CCNC(=O)C1CCC(=O)N(Cc2ccccc2F)C1. The maximum atomic E-state index is 13.7. The first-order valence-electron chi connectivity index (χ1n) is 7.01. The van der Waals surface area contributed by atoms with Crippen LogP contribution in [0.5, 0.6) is 0 Å². The Bertz CT molecular complexity index is 545. The van der Waals surface area contributed by atoms with Crippen LogP contribution >= 0.6 is 0 Å². The Kier molecular flexibility index (Phi) is 5.09. The Labute approximate surface area is 123 Å². The molecule has 0 aliphatic carbocycles. The highest BCUT2D eigenvalue weighted by atomic mass is 19.1. The summed E-state index contributed by atoms with van der Waals surface area (Å²) in [6, 6.07) is 6.38. The van der Waals surface area contributed by atoms with Gasteiger partial charge in [0.15, 0.2) is 0 Å². The van der Waals surface area contributed by atoms with E-state index in [0.29, 0.717) is 31.5 Å². The second-order valence-electron chi connectivity index (χ2n) is 5.14. The molecular weight excluding hydrogens is 271 g/mol. The molecule has 21 heavy (non-hydrogen) atoms. The molecule has 1 atom stereocenters. The summed E-state index contributed by atoms with van der Waals surface area (Å²) in [7, 11) is 0. The predicted molar refractivity (Wildman–Crippen MR) is 77.7 cm³/mol. The van der Waals surface area contributed by atoms with Gasteiger partial charge in [0.2, 0.25) is 11.8 Å². The van der Waals surface area contributed by atoms with E-state index in [1.165, 1.54) is 6.07 Å². The van der Waals surface area contributed by atoms with Crippen LogP contribution in [-0.4, -0.2) is 29.8 Å². The van der Waals surface area contributed by atoms with E-state index in [1.54, 1.807) is 29.2 Å². The third kappa shape index (κ3) is 3.90. The van der Waals surface area contributed by atoms with Gasteiger partial charge in [0.1, 0.15) is 5.82 Å². The molecule has 1 aromatic carbocycles. The van der Waals surface area contributed by atoms with Crippen molar-refractivity contribution in [2.45, 2.75) is 19.4 Å². The van der Waals surface area contributed by atoms with Crippen LogP contribution in [0.4, 0.5) is 4.39 Å². The van der Waals surface area contributed by atoms with Gasteiger partial charge in [0, 0.05) is 31.6 Å². The first kappa shape index (κ1) is 15.2. The third-order valence-corrected chi connectivity index (χ3v) is 3.61. The number of amides is 2. The lowest BCUT2D eigenvalue weighted by Crippen LogP contribution is -2.45. The quantitative estimate of drug-likeness (QED) is 0.842. The number of piperidine rings is 1. The average Bonchev–Trinajstić information content (AvgIpc) is 2.49. The fourth-order valence-corrected chi connectivity index (χ4v) is 2.43. The van der Waals surface area contributed by atoms with Crippen LogP contribution in [0.1, 0.15) is 18.4 Å². The number of benzene rings is 1. The van der Waals surface area contributed by atoms with Gasteiger partial charge >= 0.3 is 0 Å². The van der Waals surface area contributed by atoms with Gasteiger partial charge in [-0.05, 0) is 12.5 Å². The van der Waals surface area contributed by atoms with Gasteiger partial charge in [-0.1, -0.05) is 24.3 Å². The van der Waals surface area contributed by atoms with Crippen molar-refractivity contribution < 1.29 is 14.0 Å². The maximum absolute atomic E-state index is 13.7. The highest BCUT2D eigenvalue weighted by Gasteiger charge is 2.30. The van der Waals surface area contributed by atoms with Crippen molar-refractivity contribution in [2.75, 3.05) is 13.1 Å². The molecule has 1 saturated heterocycles. The first-order chi connectivity index (χ1) is 10.1. The Morgan fingerprint density at radius 3 is 2.95 bits per heavy atom. The number of rotatable bonds is 5. The van der Waals surface area contributed by atoms with E-state index in [-0.39, 0.29) is 30.1 Å². The third-order valence-electron chi connectivity index (χ3n) is 3.61. The van der Waals surface area contributed by atoms with Gasteiger partial charge in [0.25, 0.3) is 0 Å². The minimum atomic E-state index is -0.330. The topological polar surface area (TPSA) is 49.4 Å². The highest BCUT2D eigenvalue weighted by Crippen LogP contribution is 2.20. The van der Waals surface area contributed by atoms with Gasteiger partial charge < -0.3 is 10.2 Å². The summed E-state index contributed by atoms with van der Waals surface area (Å²) in [5.41, 5.74) is 0.470. The van der Waals surface area contributed by atoms with Gasteiger partial charge in [-0.2, -0.15) is 0 Å². The second-order valence-corrected chi connectivity index (χ2v) is 5.14. The number of hydrogen-bond acceptors (Lipinski definition) is 2. The van der Waals surface area contributed by atoms with E-state index in [9.17, 15) is 14.0 Å². The van der Waals surface area contributed by atoms with Crippen LogP contribution in [0.2, 0.25) is 0 Å². The average molecular weight is 290 g/mol. The van der Waals surface area contributed by atoms with Crippen LogP contribution in [0.15, 0.2) is 36.9 Å². The lowest BCUT2D eigenvalue weighted by molar-refractivity contribution is -0.138. The summed E-state index contributed by atoms with van der Waals surface area (Å²) < 4.78 is 13.7. The zero-order chi connectivity index (χ0) is 15.2. The molecule has 1 N–H and O–H groups in total. The van der Waals surface area contributed by atoms with Crippen LogP contribution in [-0.2, 0) is 16.1 Å². The molecule has 0 spiro atoms. The summed E-state index contributed by atoms with van der Waals surface area (Å²) in [6.45, 7) is 4.50. The van der Waals surface area contributed by atoms with E-state index in [1.807, 2.05) is 0 Å². The molecule has 0 bridgehead atoms. The molecule has 1 heterocycles. The number of carbonyl (C=O) groups excluding carboxylic acids is 2. The van der Waals surface area contributed by atoms with E-state index in [4.69, 9.17) is 0 Å². The molecule has 1 aliphatic heterocycles. The number of likely N-dealkylation sites (tertiary alicyclic amines) is 1. The molecule has 2 rings (SSSR count). The molecule has 2 amide bonds. The van der Waals surface area contributed by atoms with Crippen molar-refractivity contribution in [3.05, 3.63) is 48.3 Å². The Balaban J connectivity index is 2.01. The number of halogens is 1. The molecule has 0 radical (unpaired) electrons. The predicted octanol–water partition coefficient (Wildman–Crippen LogP) is 1.87. The second kappa shape index (κ2) is 7.02. The Morgan fingerprint density at radius 2 is 2.24 bits per heavy atom. The van der Waals surface area contributed by atoms with Crippen LogP contribution < -0.4 is 5.32 Å². The summed E-state index contributed by atoms with van der Waals surface area (Å²) in [5.74, 6) is -0.690. The van der Waals surface area contributed by atoms with Crippen molar-refractivity contribution in [3.8, 4) is 0 Å². The number of carbonyl (C=O) groups is 2. The van der Waals surface area contributed by atoms with Crippen molar-refractivity contribution in [3.63, 3.8) is 0 Å². The van der Waals surface area contributed by atoms with Crippen molar-refractivity contribution in [1.82, 2.24) is 10.2 Å². The Hall–Kier alpha value is -2.17. The molecule has 0 aromatic heterocycles. The van der Waals surface area contributed by atoms with Crippen LogP contribution in [0.25, 0.3) is 0 Å². The fraction of sp³-hybridized carbons (Fsp3) is 0.375. The van der Waals surface area contributed by atoms with E-state index in [0.717, 1.165) is 0 Å². The van der Waals surface area contributed by atoms with Crippen LogP contribution in [0.3, 0.4) is 0 Å². The van der Waals surface area contributed by atoms with E-state index < -0.39 is 0 Å². The van der Waals surface area contributed by atoms with Crippen molar-refractivity contribution >= 4 is 11.8 Å². The van der Waals surface area contributed by atoms with Gasteiger partial charge in [-0.3, -0.25) is 9.59 Å². The molecule has 1 aromatic rings. The van der Waals surface area contributed by atoms with Crippen molar-refractivity contribution in [1.29, 1.82) is 0 Å². The summed E-state index contributed by atoms with van der Waals surface area (Å²) >= 11 is 0. The molecule has 1 unspecified atom stereocenters. The molecular formula is C16H19FN2O2. The van der Waals surface area contributed by atoms with Gasteiger partial charge in [-0.25, -0.2) is 4.39 Å². The number of nitrogens with one attached hydrogen (secondary N) is 1. The minimum absolute atomic E-state index is 0.0361. The zero-order valence-corrected chi connectivity index (χ0v) is 11.8. The largest absolute Gasteiger partial charge is 0.352 e. The van der Waals surface area contributed by atoms with Gasteiger partial charge in [-0.15, -0.1) is 6.58 Å². The zero-order valence-electron chi connectivity index (χ0n) is 11.8. The molecule has 1 fully saturated rings. The summed E-state index contributed by atoms with van der Waals surface area (Å²) in [5, 5.41) is 2.74. The number of nitrogens with zero attached hydrogens (tertiary/aromatic N) is 1.